The van der Waals surface area contributed by atoms with E-state index < -0.39 is 0 Å². The molecule has 1 heterocycles. The summed E-state index contributed by atoms with van der Waals surface area (Å²) in [5.41, 5.74) is 6.60. The van der Waals surface area contributed by atoms with E-state index in [-0.39, 0.29) is 12.2 Å². The molecule has 1 aromatic carbocycles. The second kappa shape index (κ2) is 4.58. The lowest BCUT2D eigenvalue weighted by molar-refractivity contribution is 0.402. The van der Waals surface area contributed by atoms with Crippen molar-refractivity contribution in [2.24, 2.45) is 16.1 Å². The Kier molecular flexibility index (Phi) is 3.14. The van der Waals surface area contributed by atoms with Crippen molar-refractivity contribution < 1.29 is 9.47 Å². The van der Waals surface area contributed by atoms with Gasteiger partial charge >= 0.3 is 0 Å². The molecule has 1 aromatic rings. The summed E-state index contributed by atoms with van der Waals surface area (Å²) in [4.78, 5) is 0. The molecule has 6 nitrogen and oxygen atoms in total. The Morgan fingerprint density at radius 2 is 2.06 bits per heavy atom. The van der Waals surface area contributed by atoms with E-state index in [9.17, 15) is 0 Å². The molecule has 0 aromatic heterocycles. The van der Waals surface area contributed by atoms with E-state index in [1.54, 1.807) is 19.2 Å². The van der Waals surface area contributed by atoms with Gasteiger partial charge in [-0.25, -0.2) is 5.01 Å². The number of nitrogens with two attached hydrogens (primary N) is 1. The highest BCUT2D eigenvalue weighted by molar-refractivity contribution is 5.62. The van der Waals surface area contributed by atoms with Gasteiger partial charge in [-0.1, -0.05) is 5.22 Å². The fourth-order valence-electron chi connectivity index (χ4n) is 1.68. The van der Waals surface area contributed by atoms with Crippen LogP contribution in [0.3, 0.4) is 0 Å². The fraction of sp³-hybridized carbons (Fsp3) is 0.455. The number of nitrogens with zero attached hydrogens (tertiary/aromatic N) is 3. The van der Waals surface area contributed by atoms with Gasteiger partial charge in [0.15, 0.2) is 0 Å². The molecular weight excluding hydrogens is 220 g/mol. The molecule has 92 valence electrons. The van der Waals surface area contributed by atoms with E-state index in [0.29, 0.717) is 5.75 Å². The summed E-state index contributed by atoms with van der Waals surface area (Å²) in [5, 5.41) is 9.73. The Morgan fingerprint density at radius 1 is 1.29 bits per heavy atom. The molecule has 2 N–H and O–H groups in total. The molecule has 0 aliphatic carbocycles. The number of methoxy groups -OCH3 is 2. The summed E-state index contributed by atoms with van der Waals surface area (Å²) in [6, 6.07) is 5.52. The van der Waals surface area contributed by atoms with Crippen molar-refractivity contribution in [2.75, 3.05) is 19.2 Å². The second-order valence-electron chi connectivity index (χ2n) is 3.82. The van der Waals surface area contributed by atoms with Gasteiger partial charge in [0, 0.05) is 6.07 Å². The summed E-state index contributed by atoms with van der Waals surface area (Å²) in [7, 11) is 3.23. The average Bonchev–Trinajstić information content (AvgIpc) is 2.69. The van der Waals surface area contributed by atoms with Gasteiger partial charge in [-0.3, -0.25) is 0 Å². The maximum atomic E-state index is 5.79. The van der Waals surface area contributed by atoms with Crippen molar-refractivity contribution >= 4 is 5.69 Å². The zero-order valence-corrected chi connectivity index (χ0v) is 10.1. The van der Waals surface area contributed by atoms with Crippen molar-refractivity contribution in [1.29, 1.82) is 0 Å². The van der Waals surface area contributed by atoms with Gasteiger partial charge in [-0.05, 0) is 19.1 Å². The molecule has 2 rings (SSSR count). The van der Waals surface area contributed by atoms with Crippen LogP contribution in [0, 0.1) is 0 Å². The van der Waals surface area contributed by atoms with Crippen LogP contribution in [0.2, 0.25) is 0 Å². The van der Waals surface area contributed by atoms with Gasteiger partial charge in [-0.2, -0.15) is 0 Å². The minimum absolute atomic E-state index is 0.00370. The SMILES string of the molecule is COc1ccc(OC)c(N2N=NC(N)C2C)c1. The van der Waals surface area contributed by atoms with Gasteiger partial charge in [0.05, 0.1) is 20.3 Å². The third-order valence-electron chi connectivity index (χ3n) is 2.79. The highest BCUT2D eigenvalue weighted by atomic mass is 16.5. The average molecular weight is 236 g/mol. The molecule has 0 saturated carbocycles. The van der Waals surface area contributed by atoms with Crippen LogP contribution in [0.1, 0.15) is 6.92 Å². The minimum Gasteiger partial charge on any atom is -0.497 e. The normalized spacial score (nSPS) is 22.9. The highest BCUT2D eigenvalue weighted by Crippen LogP contribution is 2.35. The molecule has 1 aliphatic heterocycles. The Morgan fingerprint density at radius 3 is 2.59 bits per heavy atom. The van der Waals surface area contributed by atoms with Crippen molar-refractivity contribution in [3.05, 3.63) is 18.2 Å². The summed E-state index contributed by atoms with van der Waals surface area (Å²) in [6.07, 6.45) is -0.314. The molecule has 6 heteroatoms. The Bertz CT molecular complexity index is 435. The first-order valence-corrected chi connectivity index (χ1v) is 5.35. The predicted molar refractivity (Wildman–Crippen MR) is 64.3 cm³/mol. The maximum absolute atomic E-state index is 5.79. The van der Waals surface area contributed by atoms with Crippen LogP contribution in [0.25, 0.3) is 0 Å². The minimum atomic E-state index is -0.314. The van der Waals surface area contributed by atoms with Gasteiger partial charge in [-0.15, -0.1) is 5.11 Å². The standard InChI is InChI=1S/C11H16N4O2/c1-7-11(12)13-14-15(7)9-6-8(16-2)4-5-10(9)17-3/h4-7,11H,12H2,1-3H3. The smallest absolute Gasteiger partial charge is 0.144 e. The predicted octanol–water partition coefficient (Wildman–Crippen LogP) is 1.56. The first-order valence-electron chi connectivity index (χ1n) is 5.35. The molecule has 2 atom stereocenters. The van der Waals surface area contributed by atoms with Crippen LogP contribution in [0.5, 0.6) is 11.5 Å². The van der Waals surface area contributed by atoms with Crippen LogP contribution >= 0.6 is 0 Å². The summed E-state index contributed by atoms with van der Waals surface area (Å²) in [5.74, 6) is 1.45. The molecular formula is C11H16N4O2. The molecule has 0 spiro atoms. The van der Waals surface area contributed by atoms with E-state index >= 15 is 0 Å². The van der Waals surface area contributed by atoms with Crippen LogP contribution < -0.4 is 20.2 Å². The summed E-state index contributed by atoms with van der Waals surface area (Å²) >= 11 is 0. The van der Waals surface area contributed by atoms with E-state index in [4.69, 9.17) is 15.2 Å². The molecule has 0 fully saturated rings. The lowest BCUT2D eigenvalue weighted by atomic mass is 10.2. The largest absolute Gasteiger partial charge is 0.497 e. The zero-order chi connectivity index (χ0) is 12.4. The Balaban J connectivity index is 2.39. The van der Waals surface area contributed by atoms with E-state index in [2.05, 4.69) is 10.3 Å². The van der Waals surface area contributed by atoms with Crippen LogP contribution in [0.4, 0.5) is 5.69 Å². The summed E-state index contributed by atoms with van der Waals surface area (Å²) < 4.78 is 10.5. The van der Waals surface area contributed by atoms with E-state index in [0.717, 1.165) is 11.4 Å². The van der Waals surface area contributed by atoms with Crippen LogP contribution in [0.15, 0.2) is 28.5 Å². The lowest BCUT2D eigenvalue weighted by Crippen LogP contribution is -2.37. The third kappa shape index (κ3) is 2.03. The zero-order valence-electron chi connectivity index (χ0n) is 10.1. The first-order chi connectivity index (χ1) is 8.17. The van der Waals surface area contributed by atoms with Crippen molar-refractivity contribution in [3.63, 3.8) is 0 Å². The van der Waals surface area contributed by atoms with Gasteiger partial charge in [0.2, 0.25) is 0 Å². The van der Waals surface area contributed by atoms with Crippen molar-refractivity contribution in [2.45, 2.75) is 19.1 Å². The van der Waals surface area contributed by atoms with Crippen molar-refractivity contribution in [1.82, 2.24) is 0 Å². The van der Waals surface area contributed by atoms with E-state index in [1.165, 1.54) is 0 Å². The number of hydrogen-bond donors (Lipinski definition) is 1. The quantitative estimate of drug-likeness (QED) is 0.864. The highest BCUT2D eigenvalue weighted by Gasteiger charge is 2.28. The number of hydrogen-bond acceptors (Lipinski definition) is 6. The molecule has 17 heavy (non-hydrogen) atoms. The second-order valence-corrected chi connectivity index (χ2v) is 3.82. The third-order valence-corrected chi connectivity index (χ3v) is 2.79. The number of benzene rings is 1. The van der Waals surface area contributed by atoms with Gasteiger partial charge in [0.25, 0.3) is 0 Å². The van der Waals surface area contributed by atoms with Crippen molar-refractivity contribution in [3.8, 4) is 11.5 Å². The topological polar surface area (TPSA) is 72.4 Å². The monoisotopic (exact) mass is 236 g/mol. The fourth-order valence-corrected chi connectivity index (χ4v) is 1.68. The summed E-state index contributed by atoms with van der Waals surface area (Å²) in [6.45, 7) is 1.96. The molecule has 0 saturated heterocycles. The molecule has 0 radical (unpaired) electrons. The first kappa shape index (κ1) is 11.7. The molecule has 0 bridgehead atoms. The maximum Gasteiger partial charge on any atom is 0.144 e. The number of rotatable bonds is 3. The molecule has 0 amide bonds. The lowest BCUT2D eigenvalue weighted by Gasteiger charge is -2.22. The molecule has 1 aliphatic rings. The van der Waals surface area contributed by atoms with Gasteiger partial charge < -0.3 is 15.2 Å². The Labute approximate surface area is 100.0 Å². The van der Waals surface area contributed by atoms with E-state index in [1.807, 2.05) is 25.1 Å². The van der Waals surface area contributed by atoms with Crippen LogP contribution in [-0.4, -0.2) is 26.4 Å². The molecule has 2 unspecified atom stereocenters. The Hall–Kier alpha value is -1.82. The number of ether oxygens (including phenoxy) is 2. The number of anilines is 1. The van der Waals surface area contributed by atoms with Crippen LogP contribution in [-0.2, 0) is 0 Å². The van der Waals surface area contributed by atoms with Gasteiger partial charge in [0.1, 0.15) is 23.4 Å².